The van der Waals surface area contributed by atoms with Crippen molar-refractivity contribution < 1.29 is 15.9 Å². The summed E-state index contributed by atoms with van der Waals surface area (Å²) in [6.07, 6.45) is 7.50. The van der Waals surface area contributed by atoms with Gasteiger partial charge in [0, 0.05) is 0 Å². The molecule has 0 nitrogen and oxygen atoms in total. The van der Waals surface area contributed by atoms with E-state index in [9.17, 15) is 0 Å². The van der Waals surface area contributed by atoms with Crippen molar-refractivity contribution in [3.05, 3.63) is 0 Å². The van der Waals surface area contributed by atoms with E-state index in [1.165, 1.54) is 40.7 Å². The monoisotopic (exact) mass is 348 g/mol. The van der Waals surface area contributed by atoms with Gasteiger partial charge in [-0.2, -0.15) is 0 Å². The third-order valence-corrected chi connectivity index (χ3v) is 4.09. The van der Waals surface area contributed by atoms with Crippen LogP contribution in [0.3, 0.4) is 0 Å². The zero-order valence-corrected chi connectivity index (χ0v) is 13.3. The van der Waals surface area contributed by atoms with Gasteiger partial charge in [-0.05, 0) is 23.7 Å². The van der Waals surface area contributed by atoms with Crippen LogP contribution in [0, 0.1) is 0 Å². The van der Waals surface area contributed by atoms with Crippen molar-refractivity contribution in [1.82, 2.24) is 0 Å². The summed E-state index contributed by atoms with van der Waals surface area (Å²) in [5.41, 5.74) is 1.07. The van der Waals surface area contributed by atoms with E-state index in [2.05, 4.69) is 20.8 Å². The maximum absolute atomic E-state index is 4.81. The van der Waals surface area contributed by atoms with Crippen LogP contribution in [-0.4, -0.2) is 10.8 Å². The van der Waals surface area contributed by atoms with Crippen LogP contribution >= 0.6 is 27.6 Å². The van der Waals surface area contributed by atoms with Crippen molar-refractivity contribution in [3.8, 4) is 0 Å². The minimum absolute atomic E-state index is 0.106. The molecule has 0 bridgehead atoms. The van der Waals surface area contributed by atoms with Gasteiger partial charge in [-0.15, -0.1) is 8.58 Å². The van der Waals surface area contributed by atoms with Crippen LogP contribution in [0.4, 0.5) is 0 Å². The molecule has 0 aromatic heterocycles. The predicted octanol–water partition coefficient (Wildman–Crippen LogP) is 5.17. The molecule has 1 aliphatic carbocycles. The summed E-state index contributed by atoms with van der Waals surface area (Å²) < 4.78 is 0. The second-order valence-electron chi connectivity index (χ2n) is 4.77. The summed E-state index contributed by atoms with van der Waals surface area (Å²) >= 11 is -0.106. The van der Waals surface area contributed by atoms with Gasteiger partial charge in [-0.25, -0.2) is 0 Å². The molecule has 1 saturated carbocycles. The molecular weight excluding hydrogens is 328 g/mol. The van der Waals surface area contributed by atoms with Crippen LogP contribution < -0.4 is 0 Å². The van der Waals surface area contributed by atoms with Gasteiger partial charge in [0.2, 0.25) is 0 Å². The molecule has 0 spiro atoms. The van der Waals surface area contributed by atoms with E-state index in [-0.39, 0.29) is 15.9 Å². The summed E-state index contributed by atoms with van der Waals surface area (Å²) in [7, 11) is 10.8. The van der Waals surface area contributed by atoms with Crippen LogP contribution in [0.15, 0.2) is 0 Å². The molecule has 4 heteroatoms. The molecule has 0 saturated heterocycles. The topological polar surface area (TPSA) is 0 Å². The summed E-state index contributed by atoms with van der Waals surface area (Å²) in [5, 5.41) is 0.585. The molecule has 90 valence electrons. The molecule has 14 heavy (non-hydrogen) atoms. The molecule has 0 aliphatic heterocycles. The predicted molar refractivity (Wildman–Crippen MR) is 66.6 cm³/mol. The quantitative estimate of drug-likeness (QED) is 0.452. The summed E-state index contributed by atoms with van der Waals surface area (Å²) in [4.78, 5) is 0. The van der Waals surface area contributed by atoms with Gasteiger partial charge >= 0.3 is 35.0 Å². The molecule has 0 aromatic rings. The van der Waals surface area contributed by atoms with Gasteiger partial charge in [0.05, 0.1) is 0 Å². The van der Waals surface area contributed by atoms with E-state index in [1.807, 2.05) is 0 Å². The Balaban J connectivity index is 0.000000500. The Hall–Kier alpha value is 1.67. The van der Waals surface area contributed by atoms with Crippen molar-refractivity contribution in [3.63, 3.8) is 0 Å². The molecule has 0 heterocycles. The second kappa shape index (κ2) is 8.78. The van der Waals surface area contributed by atoms with E-state index in [0.29, 0.717) is 5.16 Å². The first-order chi connectivity index (χ1) is 6.49. The minimum atomic E-state index is -0.106. The Kier molecular flexibility index (Phi) is 9.83. The van der Waals surface area contributed by atoms with Crippen molar-refractivity contribution in [2.24, 2.45) is 0 Å². The third kappa shape index (κ3) is 10.2. The number of hydrogen-bond acceptors (Lipinski definition) is 0. The van der Waals surface area contributed by atoms with Gasteiger partial charge < -0.3 is 0 Å². The first-order valence-electron chi connectivity index (χ1n) is 5.09. The number of rotatable bonds is 1. The van der Waals surface area contributed by atoms with Gasteiger partial charge in [-0.3, -0.25) is 0 Å². The standard InChI is InChI=1S/C10H21P.2ClH.Pd/c1-10(2,3)11-9-7-5-4-6-8-9;;;/h9,11H,4-8H2,1-3H3;2*1H;/q;;;+2/p-2. The Morgan fingerprint density at radius 2 is 1.50 bits per heavy atom. The Morgan fingerprint density at radius 3 is 1.86 bits per heavy atom. The molecule has 1 fully saturated rings. The Labute approximate surface area is 107 Å². The zero-order chi connectivity index (χ0) is 11.0. The fourth-order valence-corrected chi connectivity index (χ4v) is 3.78. The van der Waals surface area contributed by atoms with Crippen molar-refractivity contribution in [2.75, 3.05) is 0 Å². The zero-order valence-electron chi connectivity index (χ0n) is 9.19. The van der Waals surface area contributed by atoms with Crippen molar-refractivity contribution in [2.45, 2.75) is 63.7 Å². The second-order valence-corrected chi connectivity index (χ2v) is 9.74. The SMILES string of the molecule is CC(C)(C)PC1CCCCC1.[Cl][Pd][Cl]. The van der Waals surface area contributed by atoms with E-state index < -0.39 is 0 Å². The Bertz CT molecular complexity index is 131. The Morgan fingerprint density at radius 1 is 1.07 bits per heavy atom. The molecule has 1 rings (SSSR count). The molecule has 0 radical (unpaired) electrons. The van der Waals surface area contributed by atoms with Crippen LogP contribution in [0.5, 0.6) is 0 Å². The van der Waals surface area contributed by atoms with E-state index in [4.69, 9.17) is 19.1 Å². The molecule has 1 atom stereocenters. The average molecular weight is 350 g/mol. The summed E-state index contributed by atoms with van der Waals surface area (Å²) in [5.74, 6) is 0. The summed E-state index contributed by atoms with van der Waals surface area (Å²) in [6.45, 7) is 7.13. The van der Waals surface area contributed by atoms with Crippen molar-refractivity contribution in [1.29, 1.82) is 0 Å². The normalized spacial score (nSPS) is 19.8. The van der Waals surface area contributed by atoms with E-state index >= 15 is 0 Å². The summed E-state index contributed by atoms with van der Waals surface area (Å²) in [6, 6.07) is 0. The van der Waals surface area contributed by atoms with Gasteiger partial charge in [0.1, 0.15) is 0 Å². The first kappa shape index (κ1) is 15.7. The van der Waals surface area contributed by atoms with Crippen LogP contribution in [0.25, 0.3) is 0 Å². The third-order valence-electron chi connectivity index (χ3n) is 2.24. The van der Waals surface area contributed by atoms with Crippen LogP contribution in [0.1, 0.15) is 52.9 Å². The van der Waals surface area contributed by atoms with Crippen LogP contribution in [0.2, 0.25) is 0 Å². The fourth-order valence-electron chi connectivity index (χ4n) is 1.86. The number of halogens is 2. The maximum atomic E-state index is 4.81. The molecular formula is C10H21Cl2PPd. The van der Waals surface area contributed by atoms with E-state index in [0.717, 1.165) is 5.66 Å². The van der Waals surface area contributed by atoms with Gasteiger partial charge in [-0.1, -0.05) is 40.0 Å². The molecule has 0 aromatic carbocycles. The average Bonchev–Trinajstić information content (AvgIpc) is 2.04. The van der Waals surface area contributed by atoms with Crippen LogP contribution in [-0.2, 0) is 15.9 Å². The van der Waals surface area contributed by atoms with Gasteiger partial charge in [0.15, 0.2) is 0 Å². The molecule has 0 N–H and O–H groups in total. The molecule has 1 aliphatic rings. The molecule has 1 unspecified atom stereocenters. The number of hydrogen-bond donors (Lipinski definition) is 0. The van der Waals surface area contributed by atoms with Gasteiger partial charge in [0.25, 0.3) is 0 Å². The van der Waals surface area contributed by atoms with Crippen molar-refractivity contribution >= 4 is 27.6 Å². The van der Waals surface area contributed by atoms with E-state index in [1.54, 1.807) is 0 Å². The fraction of sp³-hybridized carbons (Fsp3) is 1.00. The first-order valence-corrected chi connectivity index (χ1v) is 10.2. The molecule has 0 amide bonds.